The molecule has 1 aliphatic carbocycles. The summed E-state index contributed by atoms with van der Waals surface area (Å²) in [5.74, 6) is 5.54. The van der Waals surface area contributed by atoms with Crippen LogP contribution in [-0.4, -0.2) is 57.8 Å². The molecular formula is C47H73N3O6. The van der Waals surface area contributed by atoms with E-state index in [1.54, 1.807) is 0 Å². The fourth-order valence-corrected chi connectivity index (χ4v) is 7.38. The molecule has 1 fully saturated rings. The summed E-state index contributed by atoms with van der Waals surface area (Å²) in [6.07, 6.45) is 10.6. The Morgan fingerprint density at radius 3 is 1.71 bits per heavy atom. The van der Waals surface area contributed by atoms with E-state index in [1.165, 1.54) is 25.7 Å². The van der Waals surface area contributed by atoms with Gasteiger partial charge in [-0.15, -0.1) is 0 Å². The lowest BCUT2D eigenvalue weighted by atomic mass is 9.95. The highest BCUT2D eigenvalue weighted by Gasteiger charge is 2.25. The van der Waals surface area contributed by atoms with Crippen molar-refractivity contribution in [2.75, 3.05) is 39.5 Å². The minimum atomic E-state index is -0.283. The summed E-state index contributed by atoms with van der Waals surface area (Å²) in [6, 6.07) is 16.2. The summed E-state index contributed by atoms with van der Waals surface area (Å²) >= 11 is 0. The average Bonchev–Trinajstić information content (AvgIpc) is 3.73. The molecule has 0 saturated heterocycles. The second-order valence-electron chi connectivity index (χ2n) is 15.9. The molecule has 0 bridgehead atoms. The van der Waals surface area contributed by atoms with Crippen molar-refractivity contribution in [3.63, 3.8) is 0 Å². The molecule has 4 rings (SSSR count). The van der Waals surface area contributed by atoms with Crippen LogP contribution in [0.1, 0.15) is 113 Å². The summed E-state index contributed by atoms with van der Waals surface area (Å²) in [5, 5.41) is 0. The molecule has 3 aromatic carbocycles. The number of ether oxygens (including phenoxy) is 6. The van der Waals surface area contributed by atoms with Crippen LogP contribution < -0.4 is 45.6 Å². The first kappa shape index (κ1) is 45.0. The first-order valence-corrected chi connectivity index (χ1v) is 21.6. The van der Waals surface area contributed by atoms with Crippen LogP contribution in [0.15, 0.2) is 48.5 Å². The molecule has 0 spiro atoms. The standard InChI is InChI=1S/C47H73N3O6/c1-8-15-36(16-9-2)31-53-44-23-39(46-42(52-29-35(10-3)11-4)19-14-20-43(46)55-33(6)27-49)24-45(56-34(7)28-50)47(44)38-21-40(51-30-37-17-12-13-18-37)25-41(22-38)54-32(5)26-48/h14,19-25,32-37H,8-13,15-18,26-31,48-50H2,1-7H3/t32-,33-,34-/m1/s1. The third-order valence-electron chi connectivity index (χ3n) is 11.0. The molecule has 0 aliphatic heterocycles. The fraction of sp³-hybridized carbons (Fsp3) is 0.617. The SMILES string of the molecule is CCCC(CCC)COc1cc(-c2c(OCC(CC)CC)cccc2O[C@H](C)CN)cc(O[C@H](C)CN)c1-c1cc(OCC2CCCC2)cc(O[C@H](C)CN)c1. The zero-order valence-corrected chi connectivity index (χ0v) is 35.6. The number of benzene rings is 3. The van der Waals surface area contributed by atoms with Gasteiger partial charge in [0.1, 0.15) is 52.8 Å². The van der Waals surface area contributed by atoms with Gasteiger partial charge in [0.2, 0.25) is 0 Å². The van der Waals surface area contributed by atoms with Crippen LogP contribution >= 0.6 is 0 Å². The number of hydrogen-bond acceptors (Lipinski definition) is 9. The molecule has 3 atom stereocenters. The highest BCUT2D eigenvalue weighted by atomic mass is 16.5. The lowest BCUT2D eigenvalue weighted by Gasteiger charge is -2.25. The van der Waals surface area contributed by atoms with Crippen molar-refractivity contribution in [3.05, 3.63) is 48.5 Å². The molecule has 56 heavy (non-hydrogen) atoms. The molecule has 9 heteroatoms. The van der Waals surface area contributed by atoms with Gasteiger partial charge in [-0.1, -0.05) is 72.3 Å². The molecule has 6 N–H and O–H groups in total. The van der Waals surface area contributed by atoms with Gasteiger partial charge >= 0.3 is 0 Å². The van der Waals surface area contributed by atoms with Gasteiger partial charge in [0.25, 0.3) is 0 Å². The number of nitrogens with two attached hydrogens (primary N) is 3. The van der Waals surface area contributed by atoms with Crippen molar-refractivity contribution in [2.24, 2.45) is 35.0 Å². The Balaban J connectivity index is 1.99. The minimum Gasteiger partial charge on any atom is -0.493 e. The van der Waals surface area contributed by atoms with Gasteiger partial charge in [-0.3, -0.25) is 0 Å². The van der Waals surface area contributed by atoms with Crippen molar-refractivity contribution >= 4 is 0 Å². The van der Waals surface area contributed by atoms with Gasteiger partial charge < -0.3 is 45.6 Å². The summed E-state index contributed by atoms with van der Waals surface area (Å²) in [7, 11) is 0. The van der Waals surface area contributed by atoms with Gasteiger partial charge in [-0.2, -0.15) is 0 Å². The third kappa shape index (κ3) is 13.2. The molecule has 312 valence electrons. The van der Waals surface area contributed by atoms with E-state index in [1.807, 2.05) is 51.1 Å². The third-order valence-corrected chi connectivity index (χ3v) is 11.0. The molecule has 1 saturated carbocycles. The fourth-order valence-electron chi connectivity index (χ4n) is 7.38. The zero-order chi connectivity index (χ0) is 40.5. The lowest BCUT2D eigenvalue weighted by Crippen LogP contribution is -2.23. The van der Waals surface area contributed by atoms with E-state index in [0.717, 1.165) is 72.3 Å². The smallest absolute Gasteiger partial charge is 0.131 e. The predicted octanol–water partition coefficient (Wildman–Crippen LogP) is 10.2. The van der Waals surface area contributed by atoms with Crippen molar-refractivity contribution < 1.29 is 28.4 Å². The molecule has 0 radical (unpaired) electrons. The molecule has 1 aliphatic rings. The van der Waals surface area contributed by atoms with Gasteiger partial charge in [-0.25, -0.2) is 0 Å². The minimum absolute atomic E-state index is 0.186. The van der Waals surface area contributed by atoms with Gasteiger partial charge in [0.15, 0.2) is 0 Å². The van der Waals surface area contributed by atoms with E-state index >= 15 is 0 Å². The molecule has 0 amide bonds. The van der Waals surface area contributed by atoms with E-state index in [4.69, 9.17) is 45.6 Å². The Labute approximate surface area is 338 Å². The van der Waals surface area contributed by atoms with Crippen molar-refractivity contribution in [1.29, 1.82) is 0 Å². The van der Waals surface area contributed by atoms with Crippen molar-refractivity contribution in [3.8, 4) is 56.8 Å². The van der Waals surface area contributed by atoms with E-state index < -0.39 is 0 Å². The van der Waals surface area contributed by atoms with Gasteiger partial charge in [0, 0.05) is 25.7 Å². The molecule has 0 unspecified atom stereocenters. The maximum absolute atomic E-state index is 7.00. The van der Waals surface area contributed by atoms with Crippen LogP contribution in [0.2, 0.25) is 0 Å². The monoisotopic (exact) mass is 776 g/mol. The maximum atomic E-state index is 7.00. The van der Waals surface area contributed by atoms with Crippen LogP contribution in [-0.2, 0) is 0 Å². The zero-order valence-electron chi connectivity index (χ0n) is 35.6. The summed E-state index contributed by atoms with van der Waals surface area (Å²) in [4.78, 5) is 0. The largest absolute Gasteiger partial charge is 0.493 e. The quantitative estimate of drug-likeness (QED) is 0.0729. The van der Waals surface area contributed by atoms with Crippen molar-refractivity contribution in [2.45, 2.75) is 131 Å². The summed E-state index contributed by atoms with van der Waals surface area (Å²) in [6.45, 7) is 17.7. The van der Waals surface area contributed by atoms with E-state index in [9.17, 15) is 0 Å². The second kappa shape index (κ2) is 23.5. The molecule has 0 heterocycles. The average molecular weight is 776 g/mol. The molecule has 0 aromatic heterocycles. The van der Waals surface area contributed by atoms with Crippen LogP contribution in [0.25, 0.3) is 22.3 Å². The molecular weight excluding hydrogens is 703 g/mol. The van der Waals surface area contributed by atoms with Crippen LogP contribution in [0.3, 0.4) is 0 Å². The Kier molecular flexibility index (Phi) is 18.9. The summed E-state index contributed by atoms with van der Waals surface area (Å²) < 4.78 is 39.8. The Morgan fingerprint density at radius 1 is 0.571 bits per heavy atom. The topological polar surface area (TPSA) is 133 Å². The van der Waals surface area contributed by atoms with Crippen LogP contribution in [0, 0.1) is 17.8 Å². The normalized spacial score (nSPS) is 14.9. The maximum Gasteiger partial charge on any atom is 0.131 e. The Morgan fingerprint density at radius 2 is 1.09 bits per heavy atom. The lowest BCUT2D eigenvalue weighted by molar-refractivity contribution is 0.219. The first-order valence-electron chi connectivity index (χ1n) is 21.6. The van der Waals surface area contributed by atoms with Crippen molar-refractivity contribution in [1.82, 2.24) is 0 Å². The summed E-state index contributed by atoms with van der Waals surface area (Å²) in [5.41, 5.74) is 21.7. The second-order valence-corrected chi connectivity index (χ2v) is 15.9. The molecule has 3 aromatic rings. The Hall–Kier alpha value is -3.66. The highest BCUT2D eigenvalue weighted by molar-refractivity contribution is 5.86. The first-order chi connectivity index (χ1) is 27.2. The van der Waals surface area contributed by atoms with E-state index in [-0.39, 0.29) is 18.3 Å². The van der Waals surface area contributed by atoms with Crippen LogP contribution in [0.4, 0.5) is 0 Å². The molecule has 9 nitrogen and oxygen atoms in total. The number of rotatable bonds is 26. The van der Waals surface area contributed by atoms with Gasteiger partial charge in [0.05, 0.1) is 30.9 Å². The van der Waals surface area contributed by atoms with E-state index in [0.29, 0.717) is 80.2 Å². The van der Waals surface area contributed by atoms with Crippen LogP contribution in [0.5, 0.6) is 34.5 Å². The number of hydrogen-bond donors (Lipinski definition) is 3. The van der Waals surface area contributed by atoms with E-state index in [2.05, 4.69) is 45.9 Å². The predicted molar refractivity (Wildman–Crippen MR) is 231 cm³/mol. The highest BCUT2D eigenvalue weighted by Crippen LogP contribution is 2.49. The van der Waals surface area contributed by atoms with Gasteiger partial charge in [-0.05, 0) is 112 Å². The Bertz CT molecular complexity index is 1580.